The van der Waals surface area contributed by atoms with Gasteiger partial charge in [0.15, 0.2) is 0 Å². The predicted octanol–water partition coefficient (Wildman–Crippen LogP) is 4.53. The third-order valence-corrected chi connectivity index (χ3v) is 12.2. The molecule has 1 aromatic rings. The van der Waals surface area contributed by atoms with Crippen LogP contribution in [0.1, 0.15) is 10.7 Å². The molecule has 0 amide bonds. The molecule has 84 valence electrons. The molecule has 0 saturated carbocycles. The third kappa shape index (κ3) is 3.31. The van der Waals surface area contributed by atoms with E-state index in [9.17, 15) is 0 Å². The first-order valence-electron chi connectivity index (χ1n) is 5.78. The van der Waals surface area contributed by atoms with E-state index in [0.29, 0.717) is 0 Å². The summed E-state index contributed by atoms with van der Waals surface area (Å²) >= 11 is 0. The maximum absolute atomic E-state index is 2.50. The van der Waals surface area contributed by atoms with Crippen molar-refractivity contribution in [2.45, 2.75) is 44.4 Å². The molecule has 0 saturated heterocycles. The van der Waals surface area contributed by atoms with Crippen molar-refractivity contribution in [3.8, 4) is 0 Å². The molecule has 0 unspecified atom stereocenters. The first-order chi connectivity index (χ1) is 6.73. The Hall–Kier alpha value is -0.346. The molecule has 0 bridgehead atoms. The average Bonchev–Trinajstić information content (AvgIpc) is 2.00. The molecule has 0 radical (unpaired) electrons. The van der Waals surface area contributed by atoms with Gasteiger partial charge in [-0.2, -0.15) is 0 Å². The standard InChI is InChI=1S/C13H24Si2/c1-14(2,3)13(15(4,5)6)12-10-8-7-9-11-12/h7-11,13H,1-6H3. The lowest BCUT2D eigenvalue weighted by molar-refractivity contribution is 1.18. The molecule has 2 heteroatoms. The highest BCUT2D eigenvalue weighted by molar-refractivity contribution is 6.96. The van der Waals surface area contributed by atoms with Gasteiger partial charge in [-0.3, -0.25) is 0 Å². The lowest BCUT2D eigenvalue weighted by Crippen LogP contribution is -2.46. The van der Waals surface area contributed by atoms with Gasteiger partial charge in [-0.25, -0.2) is 0 Å². The summed E-state index contributed by atoms with van der Waals surface area (Å²) in [6, 6.07) is 11.1. The van der Waals surface area contributed by atoms with Crippen molar-refractivity contribution in [2.24, 2.45) is 0 Å². The summed E-state index contributed by atoms with van der Waals surface area (Å²) in [5, 5.41) is 0.867. The van der Waals surface area contributed by atoms with Gasteiger partial charge >= 0.3 is 0 Å². The number of benzene rings is 1. The molecule has 0 N–H and O–H groups in total. The SMILES string of the molecule is C[Si](C)(C)C(c1ccccc1)[Si](C)(C)C. The molecule has 1 aromatic carbocycles. The van der Waals surface area contributed by atoms with Crippen molar-refractivity contribution >= 4 is 16.1 Å². The number of hydrogen-bond donors (Lipinski definition) is 0. The van der Waals surface area contributed by atoms with E-state index in [1.165, 1.54) is 0 Å². The summed E-state index contributed by atoms with van der Waals surface area (Å²) in [5.41, 5.74) is 1.58. The van der Waals surface area contributed by atoms with Gasteiger partial charge in [0.1, 0.15) is 0 Å². The van der Waals surface area contributed by atoms with Crippen LogP contribution in [0.15, 0.2) is 30.3 Å². The van der Waals surface area contributed by atoms with Crippen molar-refractivity contribution in [1.29, 1.82) is 0 Å². The lowest BCUT2D eigenvalue weighted by atomic mass is 10.2. The van der Waals surface area contributed by atoms with Crippen molar-refractivity contribution in [3.63, 3.8) is 0 Å². The van der Waals surface area contributed by atoms with E-state index in [4.69, 9.17) is 0 Å². The number of rotatable bonds is 3. The Morgan fingerprint density at radius 2 is 1.13 bits per heavy atom. The van der Waals surface area contributed by atoms with Gasteiger partial charge in [-0.15, -0.1) is 0 Å². The van der Waals surface area contributed by atoms with Crippen LogP contribution in [0.2, 0.25) is 39.3 Å². The van der Waals surface area contributed by atoms with Gasteiger partial charge < -0.3 is 0 Å². The van der Waals surface area contributed by atoms with Crippen molar-refractivity contribution in [1.82, 2.24) is 0 Å². The van der Waals surface area contributed by atoms with Crippen LogP contribution in [-0.4, -0.2) is 16.1 Å². The van der Waals surface area contributed by atoms with Crippen LogP contribution in [0.3, 0.4) is 0 Å². The Balaban J connectivity index is 3.15. The monoisotopic (exact) mass is 236 g/mol. The summed E-state index contributed by atoms with van der Waals surface area (Å²) in [6.45, 7) is 15.0. The second-order valence-corrected chi connectivity index (χ2v) is 17.8. The zero-order valence-corrected chi connectivity index (χ0v) is 13.0. The molecule has 0 atom stereocenters. The van der Waals surface area contributed by atoms with Crippen LogP contribution in [0.25, 0.3) is 0 Å². The Kier molecular flexibility index (Phi) is 3.61. The smallest absolute Gasteiger partial charge is 0.0493 e. The zero-order chi connectivity index (χ0) is 11.7. The van der Waals surface area contributed by atoms with Crippen LogP contribution in [-0.2, 0) is 0 Å². The molecule has 0 aliphatic carbocycles. The number of hydrogen-bond acceptors (Lipinski definition) is 0. The zero-order valence-electron chi connectivity index (χ0n) is 11.0. The summed E-state index contributed by atoms with van der Waals surface area (Å²) < 4.78 is 0. The fraction of sp³-hybridized carbons (Fsp3) is 0.538. The highest BCUT2D eigenvalue weighted by Crippen LogP contribution is 2.35. The first kappa shape index (κ1) is 12.7. The lowest BCUT2D eigenvalue weighted by Gasteiger charge is -2.38. The molecular formula is C13H24Si2. The molecular weight excluding hydrogens is 212 g/mol. The highest BCUT2D eigenvalue weighted by Gasteiger charge is 2.38. The van der Waals surface area contributed by atoms with Crippen LogP contribution in [0.5, 0.6) is 0 Å². The molecule has 15 heavy (non-hydrogen) atoms. The van der Waals surface area contributed by atoms with E-state index in [1.807, 2.05) is 0 Å². The molecule has 0 aromatic heterocycles. The minimum atomic E-state index is -1.10. The van der Waals surface area contributed by atoms with E-state index in [0.717, 1.165) is 5.16 Å². The van der Waals surface area contributed by atoms with E-state index >= 15 is 0 Å². The summed E-state index contributed by atoms with van der Waals surface area (Å²) in [6.07, 6.45) is 0. The maximum Gasteiger partial charge on any atom is 0.0493 e. The van der Waals surface area contributed by atoms with Crippen molar-refractivity contribution < 1.29 is 0 Å². The molecule has 0 spiro atoms. The second kappa shape index (κ2) is 4.26. The summed E-state index contributed by atoms with van der Waals surface area (Å²) in [4.78, 5) is 0. The summed E-state index contributed by atoms with van der Waals surface area (Å²) in [5.74, 6) is 0. The van der Waals surface area contributed by atoms with Gasteiger partial charge in [-0.1, -0.05) is 75.2 Å². The van der Waals surface area contributed by atoms with E-state index in [-0.39, 0.29) is 0 Å². The van der Waals surface area contributed by atoms with E-state index < -0.39 is 16.1 Å². The predicted molar refractivity (Wildman–Crippen MR) is 75.9 cm³/mol. The van der Waals surface area contributed by atoms with Crippen molar-refractivity contribution in [3.05, 3.63) is 35.9 Å². The van der Waals surface area contributed by atoms with Crippen LogP contribution in [0, 0.1) is 0 Å². The molecule has 0 aliphatic heterocycles. The Morgan fingerprint density at radius 1 is 0.733 bits per heavy atom. The Morgan fingerprint density at radius 3 is 1.47 bits per heavy atom. The molecule has 0 heterocycles. The van der Waals surface area contributed by atoms with Crippen molar-refractivity contribution in [2.75, 3.05) is 0 Å². The minimum absolute atomic E-state index is 0.867. The van der Waals surface area contributed by atoms with Crippen LogP contribution in [0.4, 0.5) is 0 Å². The maximum atomic E-state index is 2.50. The van der Waals surface area contributed by atoms with Gasteiger partial charge in [0.2, 0.25) is 0 Å². The molecule has 1 rings (SSSR count). The Bertz CT molecular complexity index is 290. The third-order valence-electron chi connectivity index (χ3n) is 2.86. The normalized spacial score (nSPS) is 13.3. The van der Waals surface area contributed by atoms with Crippen LogP contribution >= 0.6 is 0 Å². The molecule has 0 fully saturated rings. The average molecular weight is 237 g/mol. The van der Waals surface area contributed by atoms with Crippen LogP contribution < -0.4 is 0 Å². The van der Waals surface area contributed by atoms with Gasteiger partial charge in [0, 0.05) is 16.1 Å². The van der Waals surface area contributed by atoms with E-state index in [2.05, 4.69) is 69.6 Å². The topological polar surface area (TPSA) is 0 Å². The second-order valence-electron chi connectivity index (χ2n) is 6.58. The van der Waals surface area contributed by atoms with Gasteiger partial charge in [0.25, 0.3) is 0 Å². The fourth-order valence-electron chi connectivity index (χ4n) is 2.94. The summed E-state index contributed by atoms with van der Waals surface area (Å²) in [7, 11) is -2.20. The quantitative estimate of drug-likeness (QED) is 0.677. The Labute approximate surface area is 96.7 Å². The molecule has 0 nitrogen and oxygen atoms in total. The largest absolute Gasteiger partial charge is 0.0693 e. The highest BCUT2D eigenvalue weighted by atomic mass is 28.4. The first-order valence-corrected chi connectivity index (χ1v) is 12.9. The molecule has 0 aliphatic rings. The minimum Gasteiger partial charge on any atom is -0.0693 e. The van der Waals surface area contributed by atoms with E-state index in [1.54, 1.807) is 5.56 Å². The van der Waals surface area contributed by atoms with Gasteiger partial charge in [-0.05, 0) is 5.16 Å². The van der Waals surface area contributed by atoms with Gasteiger partial charge in [0.05, 0.1) is 0 Å². The fourth-order valence-corrected chi connectivity index (χ4v) is 15.7.